The summed E-state index contributed by atoms with van der Waals surface area (Å²) in [5.74, 6) is 0. The van der Waals surface area contributed by atoms with Gasteiger partial charge in [-0.1, -0.05) is 17.7 Å². The monoisotopic (exact) mass is 226 g/mol. The highest BCUT2D eigenvalue weighted by molar-refractivity contribution is 6.33. The summed E-state index contributed by atoms with van der Waals surface area (Å²) in [6.07, 6.45) is 0. The summed E-state index contributed by atoms with van der Waals surface area (Å²) in [6, 6.07) is 4.42. The zero-order valence-corrected chi connectivity index (χ0v) is 10.6. The molecule has 0 aliphatic rings. The number of aryl methyl sites for hydroxylation is 2. The van der Waals surface area contributed by atoms with Crippen molar-refractivity contribution in [3.63, 3.8) is 0 Å². The molecule has 0 saturated carbocycles. The van der Waals surface area contributed by atoms with Gasteiger partial charge in [0.2, 0.25) is 0 Å². The largest absolute Gasteiger partial charge is 0.369 e. The van der Waals surface area contributed by atoms with Gasteiger partial charge in [-0.15, -0.1) is 0 Å². The maximum absolute atomic E-state index is 6.25. The van der Waals surface area contributed by atoms with E-state index in [9.17, 15) is 0 Å². The second-order valence-corrected chi connectivity index (χ2v) is 4.52. The number of nitrogens with two attached hydrogens (primary N) is 1. The van der Waals surface area contributed by atoms with Crippen LogP contribution in [0.25, 0.3) is 0 Å². The van der Waals surface area contributed by atoms with Crippen molar-refractivity contribution in [2.24, 2.45) is 5.73 Å². The van der Waals surface area contributed by atoms with Crippen LogP contribution in [0.4, 0.5) is 5.69 Å². The van der Waals surface area contributed by atoms with E-state index in [1.165, 1.54) is 11.1 Å². The van der Waals surface area contributed by atoms with Crippen molar-refractivity contribution in [3.05, 3.63) is 28.3 Å². The lowest BCUT2D eigenvalue weighted by atomic mass is 10.1. The molecule has 0 aliphatic heterocycles. The Labute approximate surface area is 97.0 Å². The van der Waals surface area contributed by atoms with Crippen LogP contribution >= 0.6 is 11.6 Å². The Balaban J connectivity index is 3.13. The number of rotatable bonds is 3. The highest BCUT2D eigenvalue weighted by atomic mass is 35.5. The quantitative estimate of drug-likeness (QED) is 0.859. The fraction of sp³-hybridized carbons (Fsp3) is 0.500. The molecule has 3 heteroatoms. The van der Waals surface area contributed by atoms with Crippen molar-refractivity contribution in [1.29, 1.82) is 0 Å². The van der Waals surface area contributed by atoms with E-state index in [0.717, 1.165) is 10.7 Å². The van der Waals surface area contributed by atoms with Crippen molar-refractivity contribution in [2.45, 2.75) is 26.8 Å². The minimum absolute atomic E-state index is 0.295. The summed E-state index contributed by atoms with van der Waals surface area (Å²) in [7, 11) is 2.03. The predicted molar refractivity (Wildman–Crippen MR) is 67.8 cm³/mol. The van der Waals surface area contributed by atoms with Gasteiger partial charge in [-0.25, -0.2) is 0 Å². The molecule has 0 saturated heterocycles. The minimum atomic E-state index is 0.295. The number of hydrogen-bond acceptors (Lipinski definition) is 2. The van der Waals surface area contributed by atoms with E-state index in [2.05, 4.69) is 31.7 Å². The molecule has 2 nitrogen and oxygen atoms in total. The molecule has 0 aliphatic carbocycles. The first-order chi connectivity index (χ1) is 6.97. The number of anilines is 1. The lowest BCUT2D eigenvalue weighted by Gasteiger charge is -2.28. The highest BCUT2D eigenvalue weighted by Crippen LogP contribution is 2.31. The molecule has 84 valence electrons. The lowest BCUT2D eigenvalue weighted by Crippen LogP contribution is -2.35. The maximum Gasteiger partial charge on any atom is 0.0644 e. The summed E-state index contributed by atoms with van der Waals surface area (Å²) < 4.78 is 0. The molecule has 1 aromatic carbocycles. The van der Waals surface area contributed by atoms with E-state index >= 15 is 0 Å². The van der Waals surface area contributed by atoms with Crippen LogP contribution in [0.1, 0.15) is 18.1 Å². The van der Waals surface area contributed by atoms with Crippen molar-refractivity contribution < 1.29 is 0 Å². The van der Waals surface area contributed by atoms with Gasteiger partial charge in [0, 0.05) is 19.6 Å². The van der Waals surface area contributed by atoms with Crippen LogP contribution in [0.5, 0.6) is 0 Å². The van der Waals surface area contributed by atoms with Crippen molar-refractivity contribution in [1.82, 2.24) is 0 Å². The molecule has 1 unspecified atom stereocenters. The number of halogens is 1. The number of nitrogens with zero attached hydrogens (tertiary/aromatic N) is 1. The van der Waals surface area contributed by atoms with Gasteiger partial charge in [0.05, 0.1) is 10.7 Å². The van der Waals surface area contributed by atoms with E-state index in [4.69, 9.17) is 17.3 Å². The van der Waals surface area contributed by atoms with E-state index in [-0.39, 0.29) is 0 Å². The molecule has 0 amide bonds. The SMILES string of the molecule is Cc1cc(C)c(N(C)C(C)CN)c(Cl)c1. The molecule has 15 heavy (non-hydrogen) atoms. The Morgan fingerprint density at radius 3 is 2.47 bits per heavy atom. The van der Waals surface area contributed by atoms with Crippen molar-refractivity contribution >= 4 is 17.3 Å². The van der Waals surface area contributed by atoms with E-state index in [1.54, 1.807) is 0 Å². The van der Waals surface area contributed by atoms with Crippen LogP contribution in [0.2, 0.25) is 5.02 Å². The minimum Gasteiger partial charge on any atom is -0.369 e. The lowest BCUT2D eigenvalue weighted by molar-refractivity contribution is 0.694. The molecule has 0 radical (unpaired) electrons. The molecule has 0 spiro atoms. The Morgan fingerprint density at radius 1 is 1.40 bits per heavy atom. The number of likely N-dealkylation sites (N-methyl/N-ethyl adjacent to an activating group) is 1. The third kappa shape index (κ3) is 2.64. The predicted octanol–water partition coefficient (Wildman–Crippen LogP) is 2.74. The van der Waals surface area contributed by atoms with Gasteiger partial charge in [-0.3, -0.25) is 0 Å². The standard InChI is InChI=1S/C12H19ClN2/c1-8-5-9(2)12(11(13)6-8)15(4)10(3)7-14/h5-6,10H,7,14H2,1-4H3. The summed E-state index contributed by atoms with van der Waals surface area (Å²) in [6.45, 7) is 6.85. The molecular formula is C12H19ClN2. The van der Waals surface area contributed by atoms with Crippen LogP contribution < -0.4 is 10.6 Å². The van der Waals surface area contributed by atoms with Crippen LogP contribution in [-0.2, 0) is 0 Å². The third-order valence-corrected chi connectivity index (χ3v) is 3.04. The van der Waals surface area contributed by atoms with Gasteiger partial charge in [0.25, 0.3) is 0 Å². The molecule has 0 heterocycles. The molecule has 1 atom stereocenters. The van der Waals surface area contributed by atoms with Gasteiger partial charge in [-0.2, -0.15) is 0 Å². The van der Waals surface area contributed by atoms with E-state index in [0.29, 0.717) is 12.6 Å². The molecule has 1 aromatic rings. The van der Waals surface area contributed by atoms with Crippen LogP contribution in [-0.4, -0.2) is 19.6 Å². The maximum atomic E-state index is 6.25. The topological polar surface area (TPSA) is 29.3 Å². The Hall–Kier alpha value is -0.730. The Kier molecular flexibility index (Phi) is 4.00. The van der Waals surface area contributed by atoms with Crippen LogP contribution in [0.3, 0.4) is 0 Å². The second-order valence-electron chi connectivity index (χ2n) is 4.11. The first kappa shape index (κ1) is 12.3. The Morgan fingerprint density at radius 2 is 2.00 bits per heavy atom. The molecule has 0 fully saturated rings. The smallest absolute Gasteiger partial charge is 0.0644 e. The molecular weight excluding hydrogens is 208 g/mol. The average molecular weight is 227 g/mol. The van der Waals surface area contributed by atoms with Crippen molar-refractivity contribution in [3.8, 4) is 0 Å². The third-order valence-electron chi connectivity index (χ3n) is 2.75. The zero-order chi connectivity index (χ0) is 11.6. The summed E-state index contributed by atoms with van der Waals surface area (Å²) in [5.41, 5.74) is 9.13. The fourth-order valence-electron chi connectivity index (χ4n) is 1.73. The first-order valence-electron chi connectivity index (χ1n) is 5.17. The summed E-state index contributed by atoms with van der Waals surface area (Å²) in [4.78, 5) is 2.14. The average Bonchev–Trinajstić information content (AvgIpc) is 2.14. The van der Waals surface area contributed by atoms with Gasteiger partial charge in [-0.05, 0) is 38.0 Å². The number of hydrogen-bond donors (Lipinski definition) is 1. The van der Waals surface area contributed by atoms with E-state index in [1.807, 2.05) is 13.1 Å². The van der Waals surface area contributed by atoms with Gasteiger partial charge in [0.1, 0.15) is 0 Å². The second kappa shape index (κ2) is 4.86. The molecule has 0 aromatic heterocycles. The molecule has 2 N–H and O–H groups in total. The summed E-state index contributed by atoms with van der Waals surface area (Å²) in [5, 5.41) is 0.801. The van der Waals surface area contributed by atoms with Gasteiger partial charge >= 0.3 is 0 Å². The highest BCUT2D eigenvalue weighted by Gasteiger charge is 2.14. The van der Waals surface area contributed by atoms with Crippen LogP contribution in [0, 0.1) is 13.8 Å². The van der Waals surface area contributed by atoms with Gasteiger partial charge in [0.15, 0.2) is 0 Å². The van der Waals surface area contributed by atoms with Gasteiger partial charge < -0.3 is 10.6 Å². The summed E-state index contributed by atoms with van der Waals surface area (Å²) >= 11 is 6.25. The Bertz CT molecular complexity index is 326. The van der Waals surface area contributed by atoms with E-state index < -0.39 is 0 Å². The van der Waals surface area contributed by atoms with Crippen LogP contribution in [0.15, 0.2) is 12.1 Å². The molecule has 1 rings (SSSR count). The normalized spacial score (nSPS) is 12.7. The zero-order valence-electron chi connectivity index (χ0n) is 9.84. The number of benzene rings is 1. The van der Waals surface area contributed by atoms with Crippen molar-refractivity contribution in [2.75, 3.05) is 18.5 Å². The molecule has 0 bridgehead atoms. The first-order valence-corrected chi connectivity index (χ1v) is 5.54. The fourth-order valence-corrected chi connectivity index (χ4v) is 2.19.